The van der Waals surface area contributed by atoms with Gasteiger partial charge in [-0.2, -0.15) is 0 Å². The van der Waals surface area contributed by atoms with Gasteiger partial charge in [-0.3, -0.25) is 4.90 Å². The van der Waals surface area contributed by atoms with Gasteiger partial charge in [0.15, 0.2) is 5.79 Å². The number of rotatable bonds is 4. The van der Waals surface area contributed by atoms with Crippen LogP contribution >= 0.6 is 0 Å². The Hall–Kier alpha value is -0.160. The van der Waals surface area contributed by atoms with Crippen LogP contribution < -0.4 is 0 Å². The number of hydrogen-bond acceptors (Lipinski definition) is 4. The highest BCUT2D eigenvalue weighted by Crippen LogP contribution is 2.58. The van der Waals surface area contributed by atoms with E-state index < -0.39 is 0 Å². The normalized spacial score (nSPS) is 41.0. The summed E-state index contributed by atoms with van der Waals surface area (Å²) in [5, 5.41) is 0. The van der Waals surface area contributed by atoms with E-state index in [0.29, 0.717) is 11.5 Å². The summed E-state index contributed by atoms with van der Waals surface area (Å²) in [6.45, 7) is 7.41. The Morgan fingerprint density at radius 2 is 1.70 bits per heavy atom. The lowest BCUT2D eigenvalue weighted by atomic mass is 9.55. The van der Waals surface area contributed by atoms with Gasteiger partial charge in [0.2, 0.25) is 0 Å². The zero-order valence-electron chi connectivity index (χ0n) is 14.9. The first-order valence-corrected chi connectivity index (χ1v) is 9.70. The molecule has 0 N–H and O–H groups in total. The van der Waals surface area contributed by atoms with E-state index in [1.165, 1.54) is 45.2 Å². The monoisotopic (exact) mass is 323 g/mol. The van der Waals surface area contributed by atoms with Crippen LogP contribution in [0, 0.1) is 17.8 Å². The Bertz CT molecular complexity index is 399. The van der Waals surface area contributed by atoms with Gasteiger partial charge >= 0.3 is 0 Å². The van der Waals surface area contributed by atoms with Crippen LogP contribution in [0.15, 0.2) is 0 Å². The Kier molecular flexibility index (Phi) is 4.46. The molecule has 3 aliphatic heterocycles. The van der Waals surface area contributed by atoms with Gasteiger partial charge < -0.3 is 14.2 Å². The molecule has 4 rings (SSSR count). The number of methoxy groups -OCH3 is 1. The molecule has 0 aromatic carbocycles. The quantitative estimate of drug-likeness (QED) is 0.796. The zero-order chi connectivity index (χ0) is 15.9. The molecule has 4 fully saturated rings. The Labute approximate surface area is 140 Å². The van der Waals surface area contributed by atoms with Crippen molar-refractivity contribution in [3.05, 3.63) is 0 Å². The van der Waals surface area contributed by atoms with Gasteiger partial charge in [-0.15, -0.1) is 0 Å². The summed E-state index contributed by atoms with van der Waals surface area (Å²) < 4.78 is 17.8. The lowest BCUT2D eigenvalue weighted by molar-refractivity contribution is -0.247. The van der Waals surface area contributed by atoms with Crippen molar-refractivity contribution in [1.29, 1.82) is 0 Å². The largest absolute Gasteiger partial charge is 0.384 e. The fourth-order valence-corrected chi connectivity index (χ4v) is 6.42. The Morgan fingerprint density at radius 3 is 2.26 bits per heavy atom. The molecule has 1 spiro atoms. The van der Waals surface area contributed by atoms with Crippen LogP contribution in [0.25, 0.3) is 0 Å². The predicted octanol–water partition coefficient (Wildman–Crippen LogP) is 3.06. The molecule has 0 aromatic rings. The summed E-state index contributed by atoms with van der Waals surface area (Å²) in [5.74, 6) is 1.84. The molecule has 4 heteroatoms. The fraction of sp³-hybridized carbons (Fsp3) is 1.00. The minimum absolute atomic E-state index is 0.246. The highest BCUT2D eigenvalue weighted by molar-refractivity contribution is 5.12. The van der Waals surface area contributed by atoms with Crippen molar-refractivity contribution in [3.63, 3.8) is 0 Å². The molecule has 1 aliphatic carbocycles. The van der Waals surface area contributed by atoms with E-state index in [-0.39, 0.29) is 5.79 Å². The minimum Gasteiger partial charge on any atom is -0.384 e. The molecule has 4 nitrogen and oxygen atoms in total. The van der Waals surface area contributed by atoms with Crippen molar-refractivity contribution in [2.45, 2.75) is 63.2 Å². The van der Waals surface area contributed by atoms with E-state index in [0.717, 1.165) is 44.5 Å². The molecule has 2 unspecified atom stereocenters. The van der Waals surface area contributed by atoms with Gasteiger partial charge in [-0.05, 0) is 62.9 Å². The van der Waals surface area contributed by atoms with E-state index in [1.54, 1.807) is 0 Å². The third kappa shape index (κ3) is 2.66. The molecule has 23 heavy (non-hydrogen) atoms. The molecular weight excluding hydrogens is 290 g/mol. The number of nitrogens with zero attached hydrogens (tertiary/aromatic N) is 1. The van der Waals surface area contributed by atoms with Crippen molar-refractivity contribution in [2.24, 2.45) is 17.8 Å². The molecule has 0 bridgehead atoms. The van der Waals surface area contributed by atoms with Gasteiger partial charge in [0.05, 0.1) is 13.2 Å². The van der Waals surface area contributed by atoms with E-state index >= 15 is 0 Å². The second-order valence-corrected chi connectivity index (χ2v) is 8.44. The molecule has 1 saturated carbocycles. The summed E-state index contributed by atoms with van der Waals surface area (Å²) in [6.07, 6.45) is 8.88. The maximum atomic E-state index is 6.15. The molecule has 0 aromatic heterocycles. The van der Waals surface area contributed by atoms with Crippen LogP contribution in [-0.4, -0.2) is 56.2 Å². The van der Waals surface area contributed by atoms with Gasteiger partial charge in [0, 0.05) is 32.1 Å². The second kappa shape index (κ2) is 6.29. The minimum atomic E-state index is -0.246. The molecule has 132 valence electrons. The van der Waals surface area contributed by atoms with Crippen LogP contribution in [0.3, 0.4) is 0 Å². The van der Waals surface area contributed by atoms with E-state index in [4.69, 9.17) is 14.2 Å². The third-order valence-corrected chi connectivity index (χ3v) is 7.02. The summed E-state index contributed by atoms with van der Waals surface area (Å²) in [4.78, 5) is 2.86. The van der Waals surface area contributed by atoms with Crippen molar-refractivity contribution in [3.8, 4) is 0 Å². The van der Waals surface area contributed by atoms with Crippen molar-refractivity contribution >= 4 is 0 Å². The average molecular weight is 323 g/mol. The maximum Gasteiger partial charge on any atom is 0.169 e. The van der Waals surface area contributed by atoms with Crippen LogP contribution in [-0.2, 0) is 14.2 Å². The van der Waals surface area contributed by atoms with Gasteiger partial charge in [0.1, 0.15) is 0 Å². The van der Waals surface area contributed by atoms with E-state index in [2.05, 4.69) is 11.8 Å². The lowest BCUT2D eigenvalue weighted by Crippen LogP contribution is -2.69. The molecule has 3 saturated heterocycles. The highest BCUT2D eigenvalue weighted by Gasteiger charge is 2.61. The lowest BCUT2D eigenvalue weighted by Gasteiger charge is -2.64. The zero-order valence-corrected chi connectivity index (χ0v) is 14.9. The summed E-state index contributed by atoms with van der Waals surface area (Å²) in [7, 11) is 1.84. The Morgan fingerprint density at radius 1 is 1.09 bits per heavy atom. The topological polar surface area (TPSA) is 30.9 Å². The SMILES string of the molecule is COCC(C)CC12[C@@H]3CCCN1CCC[C@H]2CC1(C3)OCCO1. The molecular formula is C19H33NO3. The smallest absolute Gasteiger partial charge is 0.169 e. The van der Waals surface area contributed by atoms with Crippen molar-refractivity contribution < 1.29 is 14.2 Å². The first-order valence-electron chi connectivity index (χ1n) is 9.70. The van der Waals surface area contributed by atoms with E-state index in [1.807, 2.05) is 7.11 Å². The van der Waals surface area contributed by atoms with Crippen LogP contribution in [0.1, 0.15) is 51.9 Å². The summed E-state index contributed by atoms with van der Waals surface area (Å²) >= 11 is 0. The van der Waals surface area contributed by atoms with Crippen molar-refractivity contribution in [2.75, 3.05) is 40.0 Å². The number of ether oxygens (including phenoxy) is 3. The fourth-order valence-electron chi connectivity index (χ4n) is 6.42. The molecule has 0 amide bonds. The van der Waals surface area contributed by atoms with Crippen LogP contribution in [0.2, 0.25) is 0 Å². The molecule has 4 aliphatic rings. The molecule has 0 radical (unpaired) electrons. The average Bonchev–Trinajstić information content (AvgIpc) is 2.96. The summed E-state index contributed by atoms with van der Waals surface area (Å²) in [5.41, 5.74) is 0.384. The molecule has 3 heterocycles. The molecule has 4 atom stereocenters. The Balaban J connectivity index is 1.64. The predicted molar refractivity (Wildman–Crippen MR) is 89.3 cm³/mol. The first kappa shape index (κ1) is 16.3. The van der Waals surface area contributed by atoms with Gasteiger partial charge in [-0.1, -0.05) is 6.92 Å². The number of hydrogen-bond donors (Lipinski definition) is 0. The van der Waals surface area contributed by atoms with Crippen LogP contribution in [0.4, 0.5) is 0 Å². The number of piperidine rings is 2. The first-order chi connectivity index (χ1) is 11.2. The maximum absolute atomic E-state index is 6.15. The summed E-state index contributed by atoms with van der Waals surface area (Å²) in [6, 6.07) is 0. The van der Waals surface area contributed by atoms with Gasteiger partial charge in [0.25, 0.3) is 0 Å². The second-order valence-electron chi connectivity index (χ2n) is 8.44. The van der Waals surface area contributed by atoms with Crippen molar-refractivity contribution in [1.82, 2.24) is 4.90 Å². The van der Waals surface area contributed by atoms with E-state index in [9.17, 15) is 0 Å². The third-order valence-electron chi connectivity index (χ3n) is 7.02. The highest BCUT2D eigenvalue weighted by atomic mass is 16.7. The van der Waals surface area contributed by atoms with Crippen LogP contribution in [0.5, 0.6) is 0 Å². The van der Waals surface area contributed by atoms with Gasteiger partial charge in [-0.25, -0.2) is 0 Å². The standard InChI is InChI=1S/C19H33NO3/c1-15(14-21-2)11-19-16-5-3-7-20(19)8-4-6-17(19)13-18(12-16)22-9-10-23-18/h15-17H,3-14H2,1-2H3/t15?,16-,17+,19?.